The van der Waals surface area contributed by atoms with Gasteiger partial charge in [0.1, 0.15) is 0 Å². The van der Waals surface area contributed by atoms with E-state index in [0.717, 1.165) is 41.7 Å². The molecule has 0 bridgehead atoms. The standard InChI is InChI=1S/C30H43N5S/c1-21(31)30-27-12-11-23(22-13-16-34(17-14-22)25-8-4-3-5-9-25)19-28(27)29(15-18-35(30)32)33-24-7-6-10-26(20-24)36-2/h6-7,10-12,19-20,22,25,29,33H,3-5,8-9,13-18,31-32H2,1-2H3/b30-21-. The highest BCUT2D eigenvalue weighted by atomic mass is 32.2. The molecule has 6 heteroatoms. The van der Waals surface area contributed by atoms with Crippen LogP contribution in [0, 0.1) is 0 Å². The predicted molar refractivity (Wildman–Crippen MR) is 154 cm³/mol. The van der Waals surface area contributed by atoms with Crippen LogP contribution in [0.5, 0.6) is 0 Å². The Balaban J connectivity index is 1.41. The van der Waals surface area contributed by atoms with Crippen molar-refractivity contribution in [3.05, 3.63) is 64.9 Å². The van der Waals surface area contributed by atoms with E-state index in [1.807, 2.05) is 11.9 Å². The molecule has 1 aliphatic carbocycles. The maximum absolute atomic E-state index is 6.52. The fourth-order valence-electron chi connectivity index (χ4n) is 6.58. The number of fused-ring (bicyclic) bond motifs is 1. The summed E-state index contributed by atoms with van der Waals surface area (Å²) in [6.45, 7) is 5.19. The molecule has 1 atom stereocenters. The van der Waals surface area contributed by atoms with Crippen LogP contribution >= 0.6 is 11.8 Å². The van der Waals surface area contributed by atoms with Crippen LogP contribution in [-0.4, -0.2) is 41.8 Å². The molecule has 2 aromatic rings. The van der Waals surface area contributed by atoms with Crippen LogP contribution in [0.3, 0.4) is 0 Å². The van der Waals surface area contributed by atoms with Gasteiger partial charge in [0.05, 0.1) is 11.7 Å². The zero-order valence-electron chi connectivity index (χ0n) is 22.0. The van der Waals surface area contributed by atoms with Crippen LogP contribution in [-0.2, 0) is 0 Å². The van der Waals surface area contributed by atoms with Crippen LogP contribution < -0.4 is 16.9 Å². The lowest BCUT2D eigenvalue weighted by molar-refractivity contribution is 0.122. The molecule has 2 aliphatic heterocycles. The normalized spacial score (nSPS) is 23.8. The highest BCUT2D eigenvalue weighted by Gasteiger charge is 2.30. The van der Waals surface area contributed by atoms with Gasteiger partial charge in [0, 0.05) is 34.4 Å². The second kappa shape index (κ2) is 11.5. The van der Waals surface area contributed by atoms with Crippen LogP contribution in [0.4, 0.5) is 5.69 Å². The lowest BCUT2D eigenvalue weighted by atomic mass is 9.84. The summed E-state index contributed by atoms with van der Waals surface area (Å²) in [6, 6.07) is 16.8. The predicted octanol–water partition coefficient (Wildman–Crippen LogP) is 6.30. The number of benzene rings is 2. The van der Waals surface area contributed by atoms with E-state index in [-0.39, 0.29) is 6.04 Å². The van der Waals surface area contributed by atoms with Gasteiger partial charge in [-0.1, -0.05) is 43.5 Å². The lowest BCUT2D eigenvalue weighted by Gasteiger charge is -2.39. The Labute approximate surface area is 221 Å². The molecule has 0 aromatic heterocycles. The summed E-state index contributed by atoms with van der Waals surface area (Å²) in [5.74, 6) is 7.15. The van der Waals surface area contributed by atoms with Gasteiger partial charge in [-0.25, -0.2) is 5.84 Å². The van der Waals surface area contributed by atoms with Gasteiger partial charge in [-0.15, -0.1) is 11.8 Å². The van der Waals surface area contributed by atoms with Gasteiger partial charge in [0.2, 0.25) is 0 Å². The molecule has 0 radical (unpaired) electrons. The monoisotopic (exact) mass is 505 g/mol. The van der Waals surface area contributed by atoms with E-state index in [4.69, 9.17) is 11.6 Å². The second-order valence-corrected chi connectivity index (χ2v) is 11.8. The topological polar surface area (TPSA) is 70.5 Å². The van der Waals surface area contributed by atoms with Crippen molar-refractivity contribution in [3.63, 3.8) is 0 Å². The lowest BCUT2D eigenvalue weighted by Crippen LogP contribution is -2.41. The Hall–Kier alpha value is -2.15. The molecule has 36 heavy (non-hydrogen) atoms. The van der Waals surface area contributed by atoms with E-state index >= 15 is 0 Å². The summed E-state index contributed by atoms with van der Waals surface area (Å²) in [5.41, 5.74) is 13.2. The number of likely N-dealkylation sites (tertiary alicyclic amines) is 1. The molecule has 1 unspecified atom stereocenters. The fourth-order valence-corrected chi connectivity index (χ4v) is 7.04. The molecule has 0 amide bonds. The van der Waals surface area contributed by atoms with Gasteiger partial charge < -0.3 is 21.0 Å². The first kappa shape index (κ1) is 25.5. The molecule has 194 valence electrons. The average Bonchev–Trinajstić information content (AvgIpc) is 3.05. The summed E-state index contributed by atoms with van der Waals surface area (Å²) >= 11 is 1.77. The van der Waals surface area contributed by atoms with E-state index < -0.39 is 0 Å². The molecule has 2 heterocycles. The van der Waals surface area contributed by atoms with Crippen LogP contribution in [0.25, 0.3) is 5.70 Å². The van der Waals surface area contributed by atoms with Crippen molar-refractivity contribution in [2.75, 3.05) is 31.2 Å². The van der Waals surface area contributed by atoms with Gasteiger partial charge in [0.25, 0.3) is 0 Å². The van der Waals surface area contributed by atoms with Gasteiger partial charge >= 0.3 is 0 Å². The molecule has 1 saturated carbocycles. The maximum atomic E-state index is 6.52. The molecule has 5 rings (SSSR count). The third kappa shape index (κ3) is 5.56. The van der Waals surface area contributed by atoms with Crippen molar-refractivity contribution in [1.29, 1.82) is 0 Å². The molecule has 5 N–H and O–H groups in total. The van der Waals surface area contributed by atoms with Gasteiger partial charge in [-0.2, -0.15) is 0 Å². The van der Waals surface area contributed by atoms with E-state index in [1.165, 1.54) is 74.1 Å². The number of hydrazine groups is 1. The van der Waals surface area contributed by atoms with Gasteiger partial charge in [-0.05, 0) is 93.6 Å². The third-order valence-electron chi connectivity index (χ3n) is 8.53. The SMILES string of the molecule is CSc1cccc(NC2CCN(N)/C(=C(/C)N)c3ccc(C4CCN(C5CCCCC5)CC4)cc32)c1. The molecule has 5 nitrogen and oxygen atoms in total. The van der Waals surface area contributed by atoms with Crippen molar-refractivity contribution in [2.24, 2.45) is 11.6 Å². The second-order valence-electron chi connectivity index (χ2n) is 10.9. The van der Waals surface area contributed by atoms with Crippen LogP contribution in [0.15, 0.2) is 53.1 Å². The van der Waals surface area contributed by atoms with Crippen molar-refractivity contribution in [2.45, 2.75) is 81.2 Å². The largest absolute Gasteiger partial charge is 0.401 e. The Kier molecular flexibility index (Phi) is 8.14. The minimum atomic E-state index is 0.183. The smallest absolute Gasteiger partial charge is 0.0777 e. The fraction of sp³-hybridized carbons (Fsp3) is 0.533. The Morgan fingerprint density at radius 1 is 0.944 bits per heavy atom. The van der Waals surface area contributed by atoms with Crippen LogP contribution in [0.2, 0.25) is 0 Å². The van der Waals surface area contributed by atoms with Gasteiger partial charge in [-0.3, -0.25) is 0 Å². The number of piperidine rings is 1. The maximum Gasteiger partial charge on any atom is 0.0777 e. The summed E-state index contributed by atoms with van der Waals surface area (Å²) in [7, 11) is 0. The molecular formula is C30H43N5S. The van der Waals surface area contributed by atoms with Crippen molar-refractivity contribution in [1.82, 2.24) is 9.91 Å². The van der Waals surface area contributed by atoms with E-state index in [2.05, 4.69) is 58.9 Å². The number of rotatable bonds is 5. The third-order valence-corrected chi connectivity index (χ3v) is 9.25. The summed E-state index contributed by atoms with van der Waals surface area (Å²) < 4.78 is 0. The van der Waals surface area contributed by atoms with Crippen molar-refractivity contribution in [3.8, 4) is 0 Å². The van der Waals surface area contributed by atoms with Crippen molar-refractivity contribution < 1.29 is 0 Å². The first-order valence-corrected chi connectivity index (χ1v) is 15.0. The highest BCUT2D eigenvalue weighted by molar-refractivity contribution is 7.98. The average molecular weight is 506 g/mol. The summed E-state index contributed by atoms with van der Waals surface area (Å²) in [4.78, 5) is 4.05. The first-order valence-electron chi connectivity index (χ1n) is 13.8. The molecule has 0 spiro atoms. The van der Waals surface area contributed by atoms with Gasteiger partial charge in [0.15, 0.2) is 0 Å². The Morgan fingerprint density at radius 3 is 2.44 bits per heavy atom. The number of nitrogens with two attached hydrogens (primary N) is 2. The Morgan fingerprint density at radius 2 is 1.72 bits per heavy atom. The number of nitrogens with zero attached hydrogens (tertiary/aromatic N) is 2. The number of hydrogen-bond acceptors (Lipinski definition) is 6. The van der Waals surface area contributed by atoms with E-state index in [1.54, 1.807) is 11.8 Å². The zero-order valence-corrected chi connectivity index (χ0v) is 22.8. The molecule has 2 fully saturated rings. The summed E-state index contributed by atoms with van der Waals surface area (Å²) in [6.07, 6.45) is 12.6. The van der Waals surface area contributed by atoms with E-state index in [0.29, 0.717) is 5.92 Å². The Bertz CT molecular complexity index is 1060. The molecule has 3 aliphatic rings. The summed E-state index contributed by atoms with van der Waals surface area (Å²) in [5, 5.41) is 5.69. The van der Waals surface area contributed by atoms with E-state index in [9.17, 15) is 0 Å². The minimum absolute atomic E-state index is 0.183. The molecular weight excluding hydrogens is 462 g/mol. The zero-order chi connectivity index (χ0) is 25.1. The molecule has 2 aromatic carbocycles. The number of thioether (sulfide) groups is 1. The number of nitrogens with one attached hydrogen (secondary N) is 1. The number of allylic oxidation sites excluding steroid dienone is 1. The highest BCUT2D eigenvalue weighted by Crippen LogP contribution is 2.39. The minimum Gasteiger partial charge on any atom is -0.401 e. The number of hydrogen-bond donors (Lipinski definition) is 3. The first-order chi connectivity index (χ1) is 17.5. The van der Waals surface area contributed by atoms with Crippen molar-refractivity contribution >= 4 is 23.1 Å². The quantitative estimate of drug-likeness (QED) is 0.327. The van der Waals surface area contributed by atoms with Crippen LogP contribution in [0.1, 0.15) is 86.9 Å². The molecule has 1 saturated heterocycles. The number of anilines is 1.